The van der Waals surface area contributed by atoms with Gasteiger partial charge < -0.3 is 10.4 Å². The first kappa shape index (κ1) is 11.2. The summed E-state index contributed by atoms with van der Waals surface area (Å²) in [6.45, 7) is 2.95. The predicted octanol–water partition coefficient (Wildman–Crippen LogP) is 0.636. The maximum atomic E-state index is 9.67. The second kappa shape index (κ2) is 4.77. The van der Waals surface area contributed by atoms with E-state index in [2.05, 4.69) is 40.5 Å². The molecular weight excluding hydrogens is 212 g/mol. The molecule has 0 bridgehead atoms. The number of fused-ring (bicyclic) bond motifs is 1. The van der Waals surface area contributed by atoms with Gasteiger partial charge in [0.25, 0.3) is 0 Å². The number of nitrogens with one attached hydrogen (secondary N) is 1. The summed E-state index contributed by atoms with van der Waals surface area (Å²) in [5.41, 5.74) is 1.39. The van der Waals surface area contributed by atoms with Gasteiger partial charge in [-0.1, -0.05) is 30.3 Å². The summed E-state index contributed by atoms with van der Waals surface area (Å²) in [7, 11) is 0. The van der Waals surface area contributed by atoms with Crippen molar-refractivity contribution in [3.8, 4) is 0 Å². The fourth-order valence-electron chi connectivity index (χ4n) is 3.08. The second-order valence-electron chi connectivity index (χ2n) is 5.29. The van der Waals surface area contributed by atoms with Gasteiger partial charge in [-0.05, 0) is 18.4 Å². The number of nitrogens with zero attached hydrogens (tertiary/aromatic N) is 1. The number of piperazine rings is 1. The van der Waals surface area contributed by atoms with Gasteiger partial charge in [0, 0.05) is 31.7 Å². The van der Waals surface area contributed by atoms with Gasteiger partial charge in [-0.2, -0.15) is 0 Å². The topological polar surface area (TPSA) is 35.5 Å². The van der Waals surface area contributed by atoms with Crippen LogP contribution in [0.4, 0.5) is 0 Å². The molecule has 0 spiro atoms. The molecule has 3 nitrogen and oxygen atoms in total. The lowest BCUT2D eigenvalue weighted by Gasteiger charge is -2.35. The number of hydrogen-bond donors (Lipinski definition) is 2. The zero-order valence-corrected chi connectivity index (χ0v) is 10.0. The van der Waals surface area contributed by atoms with Gasteiger partial charge in [0.2, 0.25) is 0 Å². The van der Waals surface area contributed by atoms with Crippen LogP contribution in [0, 0.1) is 0 Å². The van der Waals surface area contributed by atoms with Crippen molar-refractivity contribution >= 4 is 0 Å². The average Bonchev–Trinajstić information content (AvgIpc) is 2.70. The van der Waals surface area contributed by atoms with Gasteiger partial charge in [-0.3, -0.25) is 4.90 Å². The molecule has 92 valence electrons. The Morgan fingerprint density at radius 1 is 1.24 bits per heavy atom. The Balaban J connectivity index is 1.60. The fourth-order valence-corrected chi connectivity index (χ4v) is 3.08. The van der Waals surface area contributed by atoms with E-state index < -0.39 is 0 Å². The summed E-state index contributed by atoms with van der Waals surface area (Å²) >= 11 is 0. The lowest BCUT2D eigenvalue weighted by atomic mass is 10.0. The third kappa shape index (κ3) is 2.51. The van der Waals surface area contributed by atoms with Crippen LogP contribution in [-0.2, 0) is 6.42 Å². The van der Waals surface area contributed by atoms with E-state index in [9.17, 15) is 5.11 Å². The van der Waals surface area contributed by atoms with E-state index >= 15 is 0 Å². The zero-order chi connectivity index (χ0) is 11.7. The Labute approximate surface area is 102 Å². The van der Waals surface area contributed by atoms with Crippen molar-refractivity contribution in [1.29, 1.82) is 0 Å². The first-order valence-corrected chi connectivity index (χ1v) is 6.50. The van der Waals surface area contributed by atoms with E-state index in [0.717, 1.165) is 32.5 Å². The van der Waals surface area contributed by atoms with Gasteiger partial charge in [0.15, 0.2) is 0 Å². The summed E-state index contributed by atoms with van der Waals surface area (Å²) in [6.07, 6.45) is 1.91. The lowest BCUT2D eigenvalue weighted by molar-refractivity contribution is 0.153. The predicted molar refractivity (Wildman–Crippen MR) is 67.9 cm³/mol. The SMILES string of the molecule is O[C@@H]1C[C@@H]2CN[C@@H](Cc3ccccc3)CN2C1. The van der Waals surface area contributed by atoms with Crippen molar-refractivity contribution in [3.05, 3.63) is 35.9 Å². The minimum absolute atomic E-state index is 0.114. The van der Waals surface area contributed by atoms with Crippen molar-refractivity contribution in [2.24, 2.45) is 0 Å². The first-order valence-electron chi connectivity index (χ1n) is 6.50. The smallest absolute Gasteiger partial charge is 0.0682 e. The Morgan fingerprint density at radius 3 is 2.88 bits per heavy atom. The standard InChI is InChI=1S/C14H20N2O/c17-14-7-13-8-15-12(9-16(13)10-14)6-11-4-2-1-3-5-11/h1-5,12-15,17H,6-10H2/t12-,13+,14+/m0/s1. The molecule has 2 N–H and O–H groups in total. The van der Waals surface area contributed by atoms with Crippen LogP contribution in [0.2, 0.25) is 0 Å². The van der Waals surface area contributed by atoms with Crippen LogP contribution in [0.15, 0.2) is 30.3 Å². The minimum atomic E-state index is -0.114. The van der Waals surface area contributed by atoms with E-state index in [0.29, 0.717) is 12.1 Å². The molecule has 2 aliphatic heterocycles. The van der Waals surface area contributed by atoms with E-state index in [1.54, 1.807) is 0 Å². The molecule has 2 aliphatic rings. The molecule has 0 radical (unpaired) electrons. The normalized spacial score (nSPS) is 33.6. The lowest BCUT2D eigenvalue weighted by Crippen LogP contribution is -2.54. The number of aliphatic hydroxyl groups excluding tert-OH is 1. The number of benzene rings is 1. The van der Waals surface area contributed by atoms with Crippen molar-refractivity contribution in [1.82, 2.24) is 10.2 Å². The third-order valence-electron chi connectivity index (χ3n) is 3.93. The van der Waals surface area contributed by atoms with Crippen molar-refractivity contribution < 1.29 is 5.11 Å². The Kier molecular flexibility index (Phi) is 3.14. The van der Waals surface area contributed by atoms with Crippen LogP contribution < -0.4 is 5.32 Å². The molecule has 2 heterocycles. The number of aliphatic hydroxyl groups is 1. The molecule has 2 fully saturated rings. The van der Waals surface area contributed by atoms with Crippen LogP contribution in [-0.4, -0.2) is 47.8 Å². The molecule has 0 aromatic heterocycles. The molecule has 0 aliphatic carbocycles. The van der Waals surface area contributed by atoms with E-state index in [-0.39, 0.29) is 6.10 Å². The minimum Gasteiger partial charge on any atom is -0.392 e. The van der Waals surface area contributed by atoms with Crippen molar-refractivity contribution in [2.45, 2.75) is 31.0 Å². The van der Waals surface area contributed by atoms with Crippen LogP contribution in [0.1, 0.15) is 12.0 Å². The van der Waals surface area contributed by atoms with Crippen LogP contribution in [0.5, 0.6) is 0 Å². The summed E-state index contributed by atoms with van der Waals surface area (Å²) in [5, 5.41) is 13.3. The van der Waals surface area contributed by atoms with Crippen LogP contribution in [0.3, 0.4) is 0 Å². The number of hydrogen-bond acceptors (Lipinski definition) is 3. The highest BCUT2D eigenvalue weighted by molar-refractivity contribution is 5.16. The maximum absolute atomic E-state index is 9.67. The fraction of sp³-hybridized carbons (Fsp3) is 0.571. The van der Waals surface area contributed by atoms with Crippen molar-refractivity contribution in [2.75, 3.05) is 19.6 Å². The van der Waals surface area contributed by atoms with Crippen LogP contribution >= 0.6 is 0 Å². The van der Waals surface area contributed by atoms with E-state index in [1.807, 2.05) is 0 Å². The maximum Gasteiger partial charge on any atom is 0.0682 e. The molecule has 3 heteroatoms. The third-order valence-corrected chi connectivity index (χ3v) is 3.93. The first-order chi connectivity index (χ1) is 8.31. The average molecular weight is 232 g/mol. The summed E-state index contributed by atoms with van der Waals surface area (Å²) in [4.78, 5) is 2.44. The largest absolute Gasteiger partial charge is 0.392 e. The molecule has 0 saturated carbocycles. The summed E-state index contributed by atoms with van der Waals surface area (Å²) in [6, 6.07) is 11.7. The second-order valence-corrected chi connectivity index (χ2v) is 5.29. The molecule has 3 atom stereocenters. The van der Waals surface area contributed by atoms with Crippen molar-refractivity contribution in [3.63, 3.8) is 0 Å². The quantitative estimate of drug-likeness (QED) is 0.785. The molecule has 0 amide bonds. The Bertz CT molecular complexity index is 368. The van der Waals surface area contributed by atoms with E-state index in [4.69, 9.17) is 0 Å². The molecule has 1 aromatic rings. The molecular formula is C14H20N2O. The number of rotatable bonds is 2. The van der Waals surface area contributed by atoms with E-state index in [1.165, 1.54) is 5.56 Å². The molecule has 0 unspecified atom stereocenters. The summed E-state index contributed by atoms with van der Waals surface area (Å²) < 4.78 is 0. The molecule has 3 rings (SSSR count). The highest BCUT2D eigenvalue weighted by Gasteiger charge is 2.35. The zero-order valence-electron chi connectivity index (χ0n) is 10.0. The molecule has 1 aromatic carbocycles. The summed E-state index contributed by atoms with van der Waals surface area (Å²) in [5.74, 6) is 0. The van der Waals surface area contributed by atoms with Gasteiger partial charge in [0.1, 0.15) is 0 Å². The van der Waals surface area contributed by atoms with Gasteiger partial charge in [-0.25, -0.2) is 0 Å². The van der Waals surface area contributed by atoms with Crippen LogP contribution in [0.25, 0.3) is 0 Å². The van der Waals surface area contributed by atoms with Gasteiger partial charge in [-0.15, -0.1) is 0 Å². The van der Waals surface area contributed by atoms with Gasteiger partial charge in [0.05, 0.1) is 6.10 Å². The Morgan fingerprint density at radius 2 is 2.06 bits per heavy atom. The monoisotopic (exact) mass is 232 g/mol. The Hall–Kier alpha value is -0.900. The molecule has 17 heavy (non-hydrogen) atoms. The highest BCUT2D eigenvalue weighted by Crippen LogP contribution is 2.21. The van der Waals surface area contributed by atoms with Gasteiger partial charge >= 0.3 is 0 Å². The highest BCUT2D eigenvalue weighted by atomic mass is 16.3. The molecule has 2 saturated heterocycles.